The third kappa shape index (κ3) is 5.03. The molecule has 1 amide bonds. The van der Waals surface area contributed by atoms with E-state index in [0.717, 1.165) is 5.56 Å². The second-order valence-electron chi connectivity index (χ2n) is 8.83. The van der Waals surface area contributed by atoms with Crippen molar-refractivity contribution in [1.82, 2.24) is 4.90 Å². The van der Waals surface area contributed by atoms with Gasteiger partial charge in [0, 0.05) is 0 Å². The number of aliphatic hydroxyl groups excluding tert-OH is 1. The molecular weight excluding hydrogens is 362 g/mol. The zero-order chi connectivity index (χ0) is 20.5. The number of piperidine rings is 1. The van der Waals surface area contributed by atoms with Crippen LogP contribution in [0, 0.1) is 0 Å². The van der Waals surface area contributed by atoms with E-state index in [9.17, 15) is 9.90 Å². The number of carbonyl (C=O) groups is 1. The van der Waals surface area contributed by atoms with Crippen LogP contribution in [0.25, 0.3) is 0 Å². The Morgan fingerprint density at radius 2 is 1.86 bits per heavy atom. The van der Waals surface area contributed by atoms with E-state index in [2.05, 4.69) is 0 Å². The van der Waals surface area contributed by atoms with E-state index in [0.29, 0.717) is 6.61 Å². The van der Waals surface area contributed by atoms with Gasteiger partial charge in [0.15, 0.2) is 5.79 Å². The van der Waals surface area contributed by atoms with Gasteiger partial charge in [0.2, 0.25) is 0 Å². The quantitative estimate of drug-likeness (QED) is 0.848. The Labute approximate surface area is 166 Å². The van der Waals surface area contributed by atoms with Crippen molar-refractivity contribution in [3.8, 4) is 0 Å². The van der Waals surface area contributed by atoms with Crippen molar-refractivity contribution in [3.63, 3.8) is 0 Å². The van der Waals surface area contributed by atoms with Crippen LogP contribution >= 0.6 is 0 Å². The van der Waals surface area contributed by atoms with Gasteiger partial charge in [-0.3, -0.25) is 4.90 Å². The number of amides is 1. The lowest BCUT2D eigenvalue weighted by molar-refractivity contribution is -0.154. The van der Waals surface area contributed by atoms with Gasteiger partial charge >= 0.3 is 6.09 Å². The van der Waals surface area contributed by atoms with Gasteiger partial charge < -0.3 is 24.1 Å². The van der Waals surface area contributed by atoms with Gasteiger partial charge in [-0.15, -0.1) is 0 Å². The molecule has 0 radical (unpaired) electrons. The SMILES string of the molecule is CC(C)(C)OC(=O)N1C[C@H](O)[C@H]2OC(C)(C)O[C@H]2[C@H]1COCc1ccccc1. The summed E-state index contributed by atoms with van der Waals surface area (Å²) < 4.78 is 23.4. The maximum atomic E-state index is 12.8. The van der Waals surface area contributed by atoms with Crippen molar-refractivity contribution >= 4 is 6.09 Å². The van der Waals surface area contributed by atoms with Crippen LogP contribution in [0.4, 0.5) is 4.79 Å². The monoisotopic (exact) mass is 393 g/mol. The highest BCUT2D eigenvalue weighted by Gasteiger charge is 2.54. The summed E-state index contributed by atoms with van der Waals surface area (Å²) in [4.78, 5) is 14.3. The van der Waals surface area contributed by atoms with Crippen molar-refractivity contribution in [3.05, 3.63) is 35.9 Å². The maximum absolute atomic E-state index is 12.8. The highest BCUT2D eigenvalue weighted by molar-refractivity contribution is 5.69. The minimum absolute atomic E-state index is 0.106. The molecule has 1 aromatic carbocycles. The molecule has 1 N–H and O–H groups in total. The number of benzene rings is 1. The average molecular weight is 393 g/mol. The molecule has 4 atom stereocenters. The third-order valence-corrected chi connectivity index (χ3v) is 4.73. The number of ether oxygens (including phenoxy) is 4. The van der Waals surface area contributed by atoms with Gasteiger partial charge in [-0.25, -0.2) is 4.79 Å². The minimum atomic E-state index is -0.857. The molecule has 3 rings (SSSR count). The van der Waals surface area contributed by atoms with Crippen LogP contribution in [0.5, 0.6) is 0 Å². The fourth-order valence-electron chi connectivity index (χ4n) is 3.62. The number of likely N-dealkylation sites (tertiary alicyclic amines) is 1. The first-order chi connectivity index (χ1) is 13.1. The highest BCUT2D eigenvalue weighted by Crippen LogP contribution is 2.37. The number of fused-ring (bicyclic) bond motifs is 1. The number of carbonyl (C=O) groups excluding carboxylic acids is 1. The molecule has 1 aromatic rings. The summed E-state index contributed by atoms with van der Waals surface area (Å²) in [6.45, 7) is 9.82. The molecule has 0 saturated carbocycles. The van der Waals surface area contributed by atoms with Gasteiger partial charge in [-0.05, 0) is 40.2 Å². The van der Waals surface area contributed by atoms with E-state index in [1.165, 1.54) is 4.90 Å². The predicted molar refractivity (Wildman–Crippen MR) is 103 cm³/mol. The number of rotatable bonds is 4. The van der Waals surface area contributed by atoms with Crippen LogP contribution in [0.3, 0.4) is 0 Å². The molecule has 156 valence electrons. The predicted octanol–water partition coefficient (Wildman–Crippen LogP) is 2.70. The first-order valence-corrected chi connectivity index (χ1v) is 9.71. The summed E-state index contributed by atoms with van der Waals surface area (Å²) in [7, 11) is 0. The van der Waals surface area contributed by atoms with Gasteiger partial charge in [0.25, 0.3) is 0 Å². The largest absolute Gasteiger partial charge is 0.444 e. The average Bonchev–Trinajstić information content (AvgIpc) is 2.92. The molecule has 0 bridgehead atoms. The number of β-amino-alcohol motifs (C(OH)–C–C–N with tert-alkyl or cyclic N) is 1. The molecule has 2 saturated heterocycles. The van der Waals surface area contributed by atoms with Gasteiger partial charge in [0.05, 0.1) is 25.8 Å². The topological polar surface area (TPSA) is 77.5 Å². The molecule has 2 aliphatic heterocycles. The highest BCUT2D eigenvalue weighted by atomic mass is 16.8. The fraction of sp³-hybridized carbons (Fsp3) is 0.667. The Hall–Kier alpha value is -1.67. The summed E-state index contributed by atoms with van der Waals surface area (Å²) in [5.41, 5.74) is 0.406. The molecule has 0 spiro atoms. The van der Waals surface area contributed by atoms with E-state index < -0.39 is 41.8 Å². The number of hydrogen-bond acceptors (Lipinski definition) is 6. The summed E-state index contributed by atoms with van der Waals surface area (Å²) in [6, 6.07) is 9.40. The van der Waals surface area contributed by atoms with E-state index in [-0.39, 0.29) is 13.2 Å². The van der Waals surface area contributed by atoms with Crippen molar-refractivity contribution in [1.29, 1.82) is 0 Å². The molecule has 28 heavy (non-hydrogen) atoms. The first kappa shape index (κ1) is 21.0. The Morgan fingerprint density at radius 1 is 1.21 bits per heavy atom. The molecule has 0 aliphatic carbocycles. The van der Waals surface area contributed by atoms with Gasteiger partial charge in [-0.1, -0.05) is 30.3 Å². The zero-order valence-corrected chi connectivity index (χ0v) is 17.3. The van der Waals surface area contributed by atoms with Crippen molar-refractivity contribution < 1.29 is 28.8 Å². The van der Waals surface area contributed by atoms with E-state index >= 15 is 0 Å². The third-order valence-electron chi connectivity index (χ3n) is 4.73. The summed E-state index contributed by atoms with van der Waals surface area (Å²) in [5.74, 6) is -0.835. The molecule has 7 nitrogen and oxygen atoms in total. The summed E-state index contributed by atoms with van der Waals surface area (Å²) >= 11 is 0. The lowest BCUT2D eigenvalue weighted by Gasteiger charge is -2.43. The van der Waals surface area contributed by atoms with Gasteiger partial charge in [0.1, 0.15) is 23.9 Å². The van der Waals surface area contributed by atoms with Crippen LogP contribution in [-0.4, -0.2) is 65.0 Å². The Kier molecular flexibility index (Phi) is 6.00. The Morgan fingerprint density at radius 3 is 2.50 bits per heavy atom. The lowest BCUT2D eigenvalue weighted by Crippen LogP contribution is -2.63. The smallest absolute Gasteiger partial charge is 0.410 e. The molecule has 2 fully saturated rings. The van der Waals surface area contributed by atoms with Crippen molar-refractivity contribution in [2.75, 3.05) is 13.2 Å². The van der Waals surface area contributed by atoms with Crippen LogP contribution in [-0.2, 0) is 25.6 Å². The Bertz CT molecular complexity index is 671. The molecule has 7 heteroatoms. The van der Waals surface area contributed by atoms with Crippen molar-refractivity contribution in [2.45, 2.75) is 77.0 Å². The number of aliphatic hydroxyl groups is 1. The second kappa shape index (κ2) is 7.99. The summed E-state index contributed by atoms with van der Waals surface area (Å²) in [6.07, 6.45) is -2.36. The van der Waals surface area contributed by atoms with E-state index in [1.54, 1.807) is 13.8 Å². The molecule has 2 aliphatic rings. The van der Waals surface area contributed by atoms with Crippen LogP contribution in [0.2, 0.25) is 0 Å². The molecule has 2 heterocycles. The van der Waals surface area contributed by atoms with Gasteiger partial charge in [-0.2, -0.15) is 0 Å². The molecule has 0 unspecified atom stereocenters. The minimum Gasteiger partial charge on any atom is -0.444 e. The zero-order valence-electron chi connectivity index (χ0n) is 17.3. The second-order valence-corrected chi connectivity index (χ2v) is 8.83. The number of hydrogen-bond donors (Lipinski definition) is 1. The standard InChI is InChI=1S/C21H31NO6/c1-20(2,3)28-19(24)22-11-16(23)18-17(26-21(4,5)27-18)15(22)13-25-12-14-9-7-6-8-10-14/h6-10,15-18,23H,11-13H2,1-5H3/t15-,16+,17+,18-/m1/s1. The lowest BCUT2D eigenvalue weighted by atomic mass is 9.94. The number of nitrogens with zero attached hydrogens (tertiary/aromatic N) is 1. The van der Waals surface area contributed by atoms with E-state index in [1.807, 2.05) is 51.1 Å². The van der Waals surface area contributed by atoms with Crippen LogP contribution < -0.4 is 0 Å². The van der Waals surface area contributed by atoms with Crippen LogP contribution in [0.1, 0.15) is 40.2 Å². The van der Waals surface area contributed by atoms with Crippen LogP contribution in [0.15, 0.2) is 30.3 Å². The van der Waals surface area contributed by atoms with Crippen molar-refractivity contribution in [2.24, 2.45) is 0 Å². The Balaban J connectivity index is 1.75. The van der Waals surface area contributed by atoms with E-state index in [4.69, 9.17) is 18.9 Å². The maximum Gasteiger partial charge on any atom is 0.410 e. The normalized spacial score (nSPS) is 29.4. The first-order valence-electron chi connectivity index (χ1n) is 9.71. The summed E-state index contributed by atoms with van der Waals surface area (Å²) in [5, 5.41) is 10.6. The molecule has 0 aromatic heterocycles. The fourth-order valence-corrected chi connectivity index (χ4v) is 3.62. The molecular formula is C21H31NO6.